The molecular formula is C43H64N2O11Si. The van der Waals surface area contributed by atoms with Crippen LogP contribution in [0.4, 0.5) is 4.79 Å². The molecular weight excluding hydrogens is 749 g/mol. The van der Waals surface area contributed by atoms with Gasteiger partial charge in [0.15, 0.2) is 25.8 Å². The molecule has 2 saturated carbocycles. The van der Waals surface area contributed by atoms with E-state index in [-0.39, 0.29) is 30.6 Å². The molecule has 6 rings (SSSR count). The Bertz CT molecular complexity index is 1720. The second-order valence-electron chi connectivity index (χ2n) is 17.7. The summed E-state index contributed by atoms with van der Waals surface area (Å²) in [6, 6.07) is 10.6. The van der Waals surface area contributed by atoms with Crippen LogP contribution in [0.1, 0.15) is 91.9 Å². The van der Waals surface area contributed by atoms with Crippen molar-refractivity contribution in [2.45, 2.75) is 141 Å². The first kappa shape index (κ1) is 43.4. The van der Waals surface area contributed by atoms with Gasteiger partial charge in [0, 0.05) is 51.4 Å². The predicted molar refractivity (Wildman–Crippen MR) is 214 cm³/mol. The number of hydrogen-bond acceptors (Lipinski definition) is 12. The second kappa shape index (κ2) is 16.1. The molecule has 57 heavy (non-hydrogen) atoms. The van der Waals surface area contributed by atoms with Gasteiger partial charge in [0.05, 0.1) is 35.7 Å². The Hall–Kier alpha value is -3.14. The van der Waals surface area contributed by atoms with Gasteiger partial charge in [-0.05, 0) is 68.2 Å². The van der Waals surface area contributed by atoms with E-state index in [1.165, 1.54) is 6.92 Å². The zero-order valence-electron chi connectivity index (χ0n) is 35.3. The fraction of sp³-hybridized carbons (Fsp3) is 0.721. The van der Waals surface area contributed by atoms with Gasteiger partial charge < -0.3 is 38.5 Å². The van der Waals surface area contributed by atoms with E-state index in [0.717, 1.165) is 31.1 Å². The van der Waals surface area contributed by atoms with E-state index in [1.54, 1.807) is 62.9 Å². The van der Waals surface area contributed by atoms with E-state index in [9.17, 15) is 24.6 Å². The average Bonchev–Trinajstić information content (AvgIpc) is 3.18. The van der Waals surface area contributed by atoms with Crippen LogP contribution in [0.3, 0.4) is 0 Å². The van der Waals surface area contributed by atoms with Crippen LogP contribution in [0.25, 0.3) is 0 Å². The van der Waals surface area contributed by atoms with Crippen molar-refractivity contribution in [3.63, 3.8) is 0 Å². The van der Waals surface area contributed by atoms with Crippen molar-refractivity contribution in [2.75, 3.05) is 39.3 Å². The summed E-state index contributed by atoms with van der Waals surface area (Å²) >= 11 is 0. The number of carbonyl (C=O) groups is 4. The maximum atomic E-state index is 16.2. The number of aliphatic hydroxyl groups is 2. The fourth-order valence-corrected chi connectivity index (χ4v) is 13.8. The molecule has 13 nitrogen and oxygen atoms in total. The van der Waals surface area contributed by atoms with Gasteiger partial charge in [-0.25, -0.2) is 9.59 Å². The van der Waals surface area contributed by atoms with Crippen LogP contribution in [-0.4, -0.2) is 133 Å². The van der Waals surface area contributed by atoms with Crippen LogP contribution in [0.15, 0.2) is 41.5 Å². The highest BCUT2D eigenvalue weighted by Crippen LogP contribution is 2.65. The van der Waals surface area contributed by atoms with Gasteiger partial charge in [-0.3, -0.25) is 14.5 Å². The van der Waals surface area contributed by atoms with Gasteiger partial charge >= 0.3 is 18.0 Å². The van der Waals surface area contributed by atoms with Gasteiger partial charge in [-0.1, -0.05) is 59.7 Å². The third-order valence-electron chi connectivity index (χ3n) is 14.6. The number of fused-ring (bicyclic) bond motifs is 5. The Kier molecular flexibility index (Phi) is 12.3. The molecule has 0 aromatic heterocycles. The molecule has 3 aliphatic carbocycles. The molecule has 0 spiro atoms. The zero-order valence-corrected chi connectivity index (χ0v) is 36.3. The highest BCUT2D eigenvalue weighted by atomic mass is 28.4. The largest absolute Gasteiger partial charge is 0.455 e. The fourth-order valence-electron chi connectivity index (χ4n) is 10.8. The first-order chi connectivity index (χ1) is 26.9. The Labute approximate surface area is 338 Å². The lowest BCUT2D eigenvalue weighted by molar-refractivity contribution is -0.344. The molecule has 4 fully saturated rings. The summed E-state index contributed by atoms with van der Waals surface area (Å²) in [5.74, 6) is -3.19. The predicted octanol–water partition coefficient (Wildman–Crippen LogP) is 5.28. The number of aliphatic hydroxyl groups excluding tert-OH is 1. The van der Waals surface area contributed by atoms with Crippen molar-refractivity contribution in [3.05, 3.63) is 47.0 Å². The number of ketones is 1. The summed E-state index contributed by atoms with van der Waals surface area (Å²) in [6.07, 6.45) is -5.87. The van der Waals surface area contributed by atoms with E-state index < -0.39 is 90.6 Å². The minimum absolute atomic E-state index is 0.137. The van der Waals surface area contributed by atoms with Crippen LogP contribution in [-0.2, 0) is 33.0 Å². The highest BCUT2D eigenvalue weighted by Gasteiger charge is 2.78. The third-order valence-corrected chi connectivity index (χ3v) is 19.3. The standard InChI is InChI=1S/C43H64N2O11Si/c1-10-19-44-20-22-45(23-21-44)39(50)53-34-33-27(5)30(47)25-43(51,40(33,7)8)37(54-38(49)29-17-15-14-16-18-29)35-41(9,36(34)48)31(56-57(11-2,12-3)13-4)24-32-42(35,26-52-32)55-28(6)46/h14-18,30-32,34-35,37,47,51H,10-13,19-26H2,1-9H3/t30-,31-,32+,34+,35?,37?,41+,42-,43+/m0/s1. The van der Waals surface area contributed by atoms with Crippen molar-refractivity contribution in [1.82, 2.24) is 9.80 Å². The number of benzene rings is 1. The van der Waals surface area contributed by atoms with Crippen LogP contribution in [0.2, 0.25) is 18.1 Å². The van der Waals surface area contributed by atoms with E-state index in [1.807, 2.05) is 0 Å². The molecule has 0 radical (unpaired) electrons. The monoisotopic (exact) mass is 812 g/mol. The molecule has 5 aliphatic rings. The molecule has 1 amide bonds. The Morgan fingerprint density at radius 3 is 2.14 bits per heavy atom. The number of esters is 2. The normalized spacial score (nSPS) is 35.2. The number of piperazine rings is 1. The number of ether oxygens (including phenoxy) is 4. The minimum Gasteiger partial charge on any atom is -0.455 e. The topological polar surface area (TPSA) is 161 Å². The van der Waals surface area contributed by atoms with Gasteiger partial charge in [0.1, 0.15) is 17.8 Å². The van der Waals surface area contributed by atoms with Gasteiger partial charge in [-0.2, -0.15) is 0 Å². The molecule has 2 bridgehead atoms. The maximum absolute atomic E-state index is 16.2. The second-order valence-corrected chi connectivity index (χ2v) is 22.4. The summed E-state index contributed by atoms with van der Waals surface area (Å²) in [7, 11) is -2.53. The van der Waals surface area contributed by atoms with Gasteiger partial charge in [0.2, 0.25) is 0 Å². The molecule has 1 aromatic rings. The number of Topliss-reactive ketones (excluding diaryl/α,β-unsaturated/α-hetero) is 1. The Morgan fingerprint density at radius 1 is 0.965 bits per heavy atom. The Morgan fingerprint density at radius 2 is 1.60 bits per heavy atom. The van der Waals surface area contributed by atoms with Crippen molar-refractivity contribution in [1.29, 1.82) is 0 Å². The molecule has 1 aromatic carbocycles. The molecule has 2 heterocycles. The Balaban J connectivity index is 1.61. The summed E-state index contributed by atoms with van der Waals surface area (Å²) < 4.78 is 32.9. The molecule has 9 atom stereocenters. The quantitative estimate of drug-likeness (QED) is 0.129. The highest BCUT2D eigenvalue weighted by molar-refractivity contribution is 6.73. The summed E-state index contributed by atoms with van der Waals surface area (Å²) in [4.78, 5) is 62.0. The average molecular weight is 813 g/mol. The molecule has 2 N–H and O–H groups in total. The molecule has 2 aliphatic heterocycles. The van der Waals surface area contributed by atoms with Crippen LogP contribution < -0.4 is 0 Å². The van der Waals surface area contributed by atoms with Crippen molar-refractivity contribution in [2.24, 2.45) is 16.7 Å². The molecule has 2 unspecified atom stereocenters. The molecule has 2 saturated heterocycles. The number of nitrogens with zero attached hydrogens (tertiary/aromatic N) is 2. The van der Waals surface area contributed by atoms with E-state index in [0.29, 0.717) is 31.8 Å². The lowest BCUT2D eigenvalue weighted by atomic mass is 9.44. The molecule has 316 valence electrons. The van der Waals surface area contributed by atoms with Crippen molar-refractivity contribution in [3.8, 4) is 0 Å². The van der Waals surface area contributed by atoms with Gasteiger partial charge in [-0.15, -0.1) is 0 Å². The first-order valence-electron chi connectivity index (χ1n) is 21.0. The maximum Gasteiger partial charge on any atom is 0.410 e. The summed E-state index contributed by atoms with van der Waals surface area (Å²) in [5.41, 5.74) is -5.93. The zero-order chi connectivity index (χ0) is 41.7. The van der Waals surface area contributed by atoms with E-state index >= 15 is 4.79 Å². The number of hydrogen-bond donors (Lipinski definition) is 2. The van der Waals surface area contributed by atoms with Crippen molar-refractivity contribution >= 4 is 32.1 Å². The number of rotatable bonds is 11. The van der Waals surface area contributed by atoms with E-state index in [2.05, 4.69) is 32.6 Å². The van der Waals surface area contributed by atoms with Crippen LogP contribution in [0, 0.1) is 16.7 Å². The minimum atomic E-state index is -2.53. The van der Waals surface area contributed by atoms with Crippen molar-refractivity contribution < 1.29 is 52.8 Å². The number of carbonyl (C=O) groups excluding carboxylic acids is 4. The SMILES string of the molecule is CCCN1CCN(C(=O)O[C@H]2C(=O)[C@@]3(C)C(C(OC(=O)c4ccccc4)[C@]4(O)C[C@H](O)C(C)=C2C4(C)C)[C@]2(OC(C)=O)CO[C@@H]2C[C@@H]3O[Si](CC)(CC)CC)CC1. The summed E-state index contributed by atoms with van der Waals surface area (Å²) in [5, 5.41) is 25.5. The molecule has 14 heteroatoms. The smallest absolute Gasteiger partial charge is 0.410 e. The number of amides is 1. The van der Waals surface area contributed by atoms with Gasteiger partial charge in [0.25, 0.3) is 0 Å². The van der Waals surface area contributed by atoms with Crippen LogP contribution >= 0.6 is 0 Å². The lowest BCUT2D eigenvalue weighted by Gasteiger charge is -2.68. The summed E-state index contributed by atoms with van der Waals surface area (Å²) in [6.45, 7) is 19.4. The third kappa shape index (κ3) is 7.09. The first-order valence-corrected chi connectivity index (χ1v) is 23.5. The van der Waals surface area contributed by atoms with E-state index in [4.69, 9.17) is 23.4 Å². The lowest BCUT2D eigenvalue weighted by Crippen LogP contribution is -2.82. The van der Waals surface area contributed by atoms with Crippen LogP contribution in [0.5, 0.6) is 0 Å².